The van der Waals surface area contributed by atoms with Gasteiger partial charge in [0.05, 0.1) is 21.9 Å². The first-order valence-electron chi connectivity index (χ1n) is 13.5. The Labute approximate surface area is 246 Å². The van der Waals surface area contributed by atoms with Crippen molar-refractivity contribution in [3.05, 3.63) is 65.0 Å². The van der Waals surface area contributed by atoms with E-state index in [0.717, 1.165) is 30.3 Å². The molecule has 0 saturated carbocycles. The van der Waals surface area contributed by atoms with Gasteiger partial charge in [-0.3, -0.25) is 0 Å². The summed E-state index contributed by atoms with van der Waals surface area (Å²) in [4.78, 5) is 16.0. The SMILES string of the molecule is O=C(N1CC2C[C@@H]1CS2(=O)=O)N1CC[C@@]2(S(=O)(=O)c3ccc(F)cc3)c3ccc(C(F)(C(F)(F)F)C(F)(F)F)cc3CC[C@@H]12. The van der Waals surface area contributed by atoms with Crippen LogP contribution in [0, 0.1) is 5.82 Å². The number of amides is 2. The van der Waals surface area contributed by atoms with Crippen molar-refractivity contribution in [1.29, 1.82) is 0 Å². The smallest absolute Gasteiger partial charge is 0.320 e. The molecule has 7 nitrogen and oxygen atoms in total. The second-order valence-electron chi connectivity index (χ2n) is 11.6. The molecule has 17 heteroatoms. The lowest BCUT2D eigenvalue weighted by atomic mass is 9.77. The van der Waals surface area contributed by atoms with E-state index in [1.54, 1.807) is 0 Å². The molecule has 3 fully saturated rings. The molecule has 3 saturated heterocycles. The van der Waals surface area contributed by atoms with E-state index in [1.807, 2.05) is 0 Å². The molecule has 0 aromatic heterocycles. The Morgan fingerprint density at radius 2 is 1.57 bits per heavy atom. The topological polar surface area (TPSA) is 91.8 Å². The maximum Gasteiger partial charge on any atom is 0.435 e. The van der Waals surface area contributed by atoms with Crippen LogP contribution in [0.3, 0.4) is 0 Å². The minimum Gasteiger partial charge on any atom is -0.320 e. The summed E-state index contributed by atoms with van der Waals surface area (Å²) in [7, 11) is -8.01. The Morgan fingerprint density at radius 3 is 2.11 bits per heavy atom. The van der Waals surface area contributed by atoms with E-state index in [-0.39, 0.29) is 61.7 Å². The summed E-state index contributed by atoms with van der Waals surface area (Å²) in [5.41, 5.74) is -7.94. The second kappa shape index (κ2) is 9.53. The Kier molecular flexibility index (Phi) is 6.73. The summed E-state index contributed by atoms with van der Waals surface area (Å²) in [6.07, 6.45) is -13.4. The Balaban J connectivity index is 1.48. The van der Waals surface area contributed by atoms with Crippen LogP contribution in [-0.4, -0.2) is 81.2 Å². The van der Waals surface area contributed by atoms with E-state index < -0.39 is 82.1 Å². The van der Waals surface area contributed by atoms with Crippen molar-refractivity contribution < 1.29 is 56.8 Å². The van der Waals surface area contributed by atoms with E-state index in [0.29, 0.717) is 6.07 Å². The lowest BCUT2D eigenvalue weighted by molar-refractivity contribution is -0.348. The number of sulfone groups is 2. The van der Waals surface area contributed by atoms with E-state index in [9.17, 15) is 56.8 Å². The highest BCUT2D eigenvalue weighted by Crippen LogP contribution is 2.57. The van der Waals surface area contributed by atoms with Crippen molar-refractivity contribution in [2.24, 2.45) is 0 Å². The third-order valence-electron chi connectivity index (χ3n) is 9.47. The normalized spacial score (nSPS) is 28.2. The molecule has 0 N–H and O–H groups in total. The molecule has 4 atom stereocenters. The van der Waals surface area contributed by atoms with E-state index in [2.05, 4.69) is 0 Å². The number of fused-ring (bicyclic) bond motifs is 5. The zero-order valence-electron chi connectivity index (χ0n) is 22.5. The number of carbonyl (C=O) groups excluding carboxylic acids is 1. The van der Waals surface area contributed by atoms with E-state index in [4.69, 9.17) is 0 Å². The summed E-state index contributed by atoms with van der Waals surface area (Å²) >= 11 is 0. The van der Waals surface area contributed by atoms with Crippen LogP contribution < -0.4 is 0 Å². The van der Waals surface area contributed by atoms with Crippen LogP contribution in [0.15, 0.2) is 47.4 Å². The minimum atomic E-state index is -6.38. The monoisotopic (exact) mass is 672 g/mol. The van der Waals surface area contributed by atoms with E-state index in [1.165, 1.54) is 9.80 Å². The van der Waals surface area contributed by atoms with Crippen molar-refractivity contribution >= 4 is 25.7 Å². The molecule has 6 rings (SSSR count). The summed E-state index contributed by atoms with van der Waals surface area (Å²) in [5.74, 6) is -1.02. The fourth-order valence-electron chi connectivity index (χ4n) is 7.38. The zero-order chi connectivity index (χ0) is 32.3. The van der Waals surface area contributed by atoms with Gasteiger partial charge in [0, 0.05) is 24.7 Å². The van der Waals surface area contributed by atoms with Gasteiger partial charge >= 0.3 is 24.1 Å². The standard InChI is InChI=1S/C27H24F8N2O5S2/c28-17-3-5-19(6-4-17)44(41,42)24-9-10-36(23(38)37-13-20-12-18(37)14-43(20,39)40)22(24)8-1-15-11-16(2-7-21(15)24)25(29,26(30,31)32)27(33,34)35/h2-7,11,18,20,22H,1,8-10,12-14H2/t18-,20?,22-,24-/m1/s1. The molecule has 4 aliphatic rings. The quantitative estimate of drug-likeness (QED) is 0.346. The average Bonchev–Trinajstić information content (AvgIpc) is 3.61. The van der Waals surface area contributed by atoms with Crippen LogP contribution in [0.1, 0.15) is 36.0 Å². The van der Waals surface area contributed by atoms with Gasteiger partial charge in [-0.1, -0.05) is 18.2 Å². The number of hydrogen-bond acceptors (Lipinski definition) is 5. The lowest BCUT2D eigenvalue weighted by Crippen LogP contribution is -2.56. The van der Waals surface area contributed by atoms with Crippen molar-refractivity contribution in [3.63, 3.8) is 0 Å². The summed E-state index contributed by atoms with van der Waals surface area (Å²) in [6, 6.07) is 2.63. The molecule has 44 heavy (non-hydrogen) atoms. The largest absolute Gasteiger partial charge is 0.435 e. The molecule has 1 unspecified atom stereocenters. The summed E-state index contributed by atoms with van der Waals surface area (Å²) in [5, 5.41) is -0.763. The third kappa shape index (κ3) is 4.13. The molecule has 0 radical (unpaired) electrons. The van der Waals surface area contributed by atoms with Crippen LogP contribution in [0.5, 0.6) is 0 Å². The highest BCUT2D eigenvalue weighted by atomic mass is 32.2. The van der Waals surface area contributed by atoms with Crippen molar-refractivity contribution in [3.8, 4) is 0 Å². The molecule has 3 aliphatic heterocycles. The Morgan fingerprint density at radius 1 is 0.932 bits per heavy atom. The molecule has 2 aromatic rings. The van der Waals surface area contributed by atoms with Crippen molar-refractivity contribution in [2.45, 2.75) is 70.7 Å². The number of aryl methyl sites for hydroxylation is 1. The molecule has 2 aromatic carbocycles. The number of halogens is 8. The van der Waals surface area contributed by atoms with Crippen LogP contribution in [0.2, 0.25) is 0 Å². The number of nitrogens with zero attached hydrogens (tertiary/aromatic N) is 2. The maximum atomic E-state index is 15.0. The highest BCUT2D eigenvalue weighted by molar-refractivity contribution is 7.92. The number of alkyl halides is 7. The van der Waals surface area contributed by atoms with Crippen LogP contribution in [0.4, 0.5) is 39.9 Å². The third-order valence-corrected chi connectivity index (χ3v) is 14.2. The molecular formula is C27H24F8N2O5S2. The van der Waals surface area contributed by atoms with Gasteiger partial charge in [0.25, 0.3) is 0 Å². The fourth-order valence-corrected chi connectivity index (χ4v) is 11.8. The summed E-state index contributed by atoms with van der Waals surface area (Å²) in [6.45, 7) is -0.288. The predicted molar refractivity (Wildman–Crippen MR) is 138 cm³/mol. The molecular weight excluding hydrogens is 648 g/mol. The second-order valence-corrected chi connectivity index (χ2v) is 16.2. The number of hydrogen-bond donors (Lipinski definition) is 0. The number of benzene rings is 2. The molecule has 1 aliphatic carbocycles. The van der Waals surface area contributed by atoms with Crippen molar-refractivity contribution in [1.82, 2.24) is 9.80 Å². The molecule has 240 valence electrons. The van der Waals surface area contributed by atoms with Crippen LogP contribution in [-0.2, 0) is 36.5 Å². The predicted octanol–water partition coefficient (Wildman–Crippen LogP) is 4.80. The van der Waals surface area contributed by atoms with E-state index >= 15 is 0 Å². The average molecular weight is 673 g/mol. The molecule has 2 bridgehead atoms. The van der Waals surface area contributed by atoms with Gasteiger partial charge in [-0.25, -0.2) is 30.4 Å². The number of likely N-dealkylation sites (tertiary alicyclic amines) is 2. The highest BCUT2D eigenvalue weighted by Gasteiger charge is 2.74. The Hall–Kier alpha value is -2.95. The van der Waals surface area contributed by atoms with Gasteiger partial charge in [0.15, 0.2) is 19.7 Å². The maximum absolute atomic E-state index is 15.0. The summed E-state index contributed by atoms with van der Waals surface area (Å²) < 4.78 is 161. The first-order valence-corrected chi connectivity index (χ1v) is 16.7. The van der Waals surface area contributed by atoms with Gasteiger partial charge < -0.3 is 9.80 Å². The molecule has 3 heterocycles. The van der Waals surface area contributed by atoms with Gasteiger partial charge in [-0.05, 0) is 61.1 Å². The first kappa shape index (κ1) is 31.0. The number of urea groups is 1. The van der Waals surface area contributed by atoms with Crippen molar-refractivity contribution in [2.75, 3.05) is 18.8 Å². The first-order chi connectivity index (χ1) is 20.3. The van der Waals surface area contributed by atoms with Gasteiger partial charge in [-0.15, -0.1) is 0 Å². The fraction of sp³-hybridized carbons (Fsp3) is 0.519. The lowest BCUT2D eigenvalue weighted by Gasteiger charge is -2.44. The van der Waals surface area contributed by atoms with Gasteiger partial charge in [-0.2, -0.15) is 26.3 Å². The minimum absolute atomic E-state index is 0.0970. The van der Waals surface area contributed by atoms with Gasteiger partial charge in [0.1, 0.15) is 10.6 Å². The zero-order valence-corrected chi connectivity index (χ0v) is 24.1. The van der Waals surface area contributed by atoms with Crippen LogP contribution >= 0.6 is 0 Å². The molecule has 2 amide bonds. The Bertz CT molecular complexity index is 1730. The number of rotatable bonds is 3. The molecule has 0 spiro atoms. The number of carbonyl (C=O) groups is 1. The van der Waals surface area contributed by atoms with Gasteiger partial charge in [0.2, 0.25) is 0 Å². The van der Waals surface area contributed by atoms with Crippen LogP contribution in [0.25, 0.3) is 0 Å².